The molecule has 27 nitrogen and oxygen atoms in total. The van der Waals surface area contributed by atoms with Gasteiger partial charge in [0.2, 0.25) is 22.2 Å². The molecule has 0 bridgehead atoms. The number of nitrogens with one attached hydrogen (secondary N) is 4. The van der Waals surface area contributed by atoms with Crippen LogP contribution in [0.4, 0.5) is 79.3 Å². The van der Waals surface area contributed by atoms with Gasteiger partial charge in [0.1, 0.15) is 23.0 Å². The maximum Gasteiger partial charge on any atom is 0.294 e. The Labute approximate surface area is 563 Å². The molecule has 2 fully saturated rings. The van der Waals surface area contributed by atoms with E-state index >= 15 is 0 Å². The molecular weight excluding hydrogens is 1320 g/mol. The minimum atomic E-state index is -4.58. The van der Waals surface area contributed by atoms with Crippen LogP contribution in [-0.4, -0.2) is 132 Å². The lowest BCUT2D eigenvalue weighted by Gasteiger charge is -2.27. The van der Waals surface area contributed by atoms with Crippen molar-refractivity contribution in [2.24, 2.45) is 20.5 Å². The number of amides is 2. The van der Waals surface area contributed by atoms with Crippen LogP contribution in [0.2, 0.25) is 0 Å². The largest absolute Gasteiger partial charge is 0.372 e. The predicted molar refractivity (Wildman–Crippen MR) is 375 cm³/mol. The van der Waals surface area contributed by atoms with Gasteiger partial charge in [0.25, 0.3) is 32.1 Å². The van der Waals surface area contributed by atoms with Crippen LogP contribution in [-0.2, 0) is 39.4 Å². The Bertz CT molecular complexity index is 4080. The number of anilines is 10. The van der Waals surface area contributed by atoms with E-state index in [1.165, 1.54) is 74.2 Å². The third-order valence-corrected chi connectivity index (χ3v) is 19.4. The molecule has 0 spiro atoms. The van der Waals surface area contributed by atoms with Gasteiger partial charge in [0.05, 0.1) is 42.1 Å². The summed E-state index contributed by atoms with van der Waals surface area (Å²) in [6.45, 7) is 18.2. The van der Waals surface area contributed by atoms with Gasteiger partial charge >= 0.3 is 0 Å². The van der Waals surface area contributed by atoms with Crippen LogP contribution >= 0.6 is 34.4 Å². The molecule has 6 N–H and O–H groups in total. The molecule has 500 valence electrons. The van der Waals surface area contributed by atoms with E-state index in [9.17, 15) is 45.1 Å². The molecule has 5 heterocycles. The topological polar surface area (TPSA) is 352 Å². The summed E-state index contributed by atoms with van der Waals surface area (Å²) < 4.78 is 66.8. The second-order valence-corrected chi connectivity index (χ2v) is 27.8. The minimum absolute atomic E-state index is 0.0497. The van der Waals surface area contributed by atoms with Gasteiger partial charge < -0.3 is 40.9 Å². The number of benzene rings is 4. The van der Waals surface area contributed by atoms with Crippen molar-refractivity contribution in [1.29, 1.82) is 0 Å². The van der Waals surface area contributed by atoms with E-state index < -0.39 is 53.4 Å². The van der Waals surface area contributed by atoms with Crippen LogP contribution < -0.4 is 40.9 Å². The molecule has 0 atom stereocenters. The third kappa shape index (κ3) is 18.5. The molecule has 2 saturated heterocycles. The van der Waals surface area contributed by atoms with Gasteiger partial charge in [-0.1, -0.05) is 53.5 Å². The Kier molecular flexibility index (Phi) is 23.7. The highest BCUT2D eigenvalue weighted by molar-refractivity contribution is 7.99. The SMILES string of the molecule is CCSc1nc(Nc2cc(N(CC)CC)ccc2/N=N/c2nc(N3CCCCC3)c(/C=C(/C(C)=O)C(=O)Nc3cccc(S(=O)(=O)O)c3)s2)nc(Nc2cc(N(CC)CC)ccc2/N=N/c2nc(N3CCCCC3)c(/C=C(\C(C)=O)C(=O)Nc3cccc(S(=O)(=O)O)c3)s2)n1. The molecule has 7 aromatic rings. The fourth-order valence-electron chi connectivity index (χ4n) is 10.4. The normalized spacial score (nSPS) is 14.1. The van der Waals surface area contributed by atoms with E-state index in [0.717, 1.165) is 84.7 Å². The van der Waals surface area contributed by atoms with Gasteiger partial charge in [-0.15, -0.1) is 20.5 Å². The number of azo groups is 2. The maximum atomic E-state index is 13.8. The number of thiazole rings is 2. The molecule has 95 heavy (non-hydrogen) atoms. The Morgan fingerprint density at radius 1 is 0.547 bits per heavy atom. The summed E-state index contributed by atoms with van der Waals surface area (Å²) in [5.41, 5.74) is 3.18. The van der Waals surface area contributed by atoms with Gasteiger partial charge in [-0.3, -0.25) is 28.3 Å². The first-order valence-electron chi connectivity index (χ1n) is 30.8. The fourth-order valence-corrected chi connectivity index (χ4v) is 13.8. The van der Waals surface area contributed by atoms with Crippen LogP contribution in [0.15, 0.2) is 131 Å². The number of aromatic nitrogens is 5. The minimum Gasteiger partial charge on any atom is -0.372 e. The van der Waals surface area contributed by atoms with Gasteiger partial charge in [-0.25, -0.2) is 0 Å². The number of thioether (sulfide) groups is 1. The van der Waals surface area contributed by atoms with Crippen molar-refractivity contribution in [3.8, 4) is 0 Å². The average Bonchev–Trinajstić information content (AvgIpc) is 1.73. The first kappa shape index (κ1) is 70.4. The van der Waals surface area contributed by atoms with Crippen molar-refractivity contribution in [3.05, 3.63) is 106 Å². The number of piperidine rings is 2. The van der Waals surface area contributed by atoms with E-state index in [-0.39, 0.29) is 44.7 Å². The molecule has 2 amide bonds. The summed E-state index contributed by atoms with van der Waals surface area (Å²) in [5.74, 6) is -0.722. The maximum absolute atomic E-state index is 13.8. The van der Waals surface area contributed by atoms with Crippen molar-refractivity contribution >= 4 is 169 Å². The number of hydrogen-bond acceptors (Lipinski definition) is 26. The van der Waals surface area contributed by atoms with E-state index in [1.54, 1.807) is 0 Å². The van der Waals surface area contributed by atoms with Crippen molar-refractivity contribution < 1.29 is 45.1 Å². The van der Waals surface area contributed by atoms with Gasteiger partial charge in [-0.05, 0) is 171 Å². The summed E-state index contributed by atoms with van der Waals surface area (Å²) >= 11 is 3.66. The molecule has 0 saturated carbocycles. The molecule has 32 heteroatoms. The van der Waals surface area contributed by atoms with Gasteiger partial charge in [-0.2, -0.15) is 41.8 Å². The average molecular weight is 1390 g/mol. The zero-order valence-electron chi connectivity index (χ0n) is 53.4. The monoisotopic (exact) mass is 1390 g/mol. The van der Waals surface area contributed by atoms with E-state index in [2.05, 4.69) is 78.8 Å². The predicted octanol–water partition coefficient (Wildman–Crippen LogP) is 13.6. The Morgan fingerprint density at radius 3 is 1.31 bits per heavy atom. The van der Waals surface area contributed by atoms with Crippen LogP contribution in [0.5, 0.6) is 0 Å². The highest BCUT2D eigenvalue weighted by atomic mass is 32.2. The number of carbonyl (C=O) groups excluding carboxylic acids is 4. The van der Waals surface area contributed by atoms with Crippen molar-refractivity contribution in [2.75, 3.05) is 99.0 Å². The standard InChI is InChI=1S/C63H73N17O10S5/c1-8-77(9-2)43-25-27-49(73-75-62-68-55(79-29-15-13-16-30-79)53(92-62)37-47(39(6)81)57(83)64-41-21-19-23-45(33-41)94(85,86)87)51(35-43)66-59-70-60(72-61(71-59)91-12-5)67-52-36-44(78(10-3)11-4)26-28-50(52)74-76-63-69-56(80-31-17-14-18-32-80)54(93-63)38-48(40(7)82)58(84)65-42-22-20-24-46(34-42)95(88,89)90/h19-28,33-38H,8-18,29-32H2,1-7H3,(H,64,83)(H,65,84)(H,85,86,87)(H,88,89,90)(H2,66,67,70,71,72)/b47-37-,48-38+,75-73+,76-74+. The molecular formula is C63H73N17O10S5. The molecule has 2 aliphatic rings. The first-order valence-corrected chi connectivity index (χ1v) is 36.3. The smallest absolute Gasteiger partial charge is 0.294 e. The van der Waals surface area contributed by atoms with Gasteiger partial charge in [0, 0.05) is 75.1 Å². The second-order valence-electron chi connectivity index (χ2n) is 21.7. The lowest BCUT2D eigenvalue weighted by molar-refractivity contribution is -0.120. The van der Waals surface area contributed by atoms with Crippen molar-refractivity contribution in [1.82, 2.24) is 24.9 Å². The number of nitrogens with zero attached hydrogens (tertiary/aromatic N) is 13. The number of hydrogen-bond donors (Lipinski definition) is 6. The van der Waals surface area contributed by atoms with Crippen LogP contribution in [0.3, 0.4) is 0 Å². The summed E-state index contributed by atoms with van der Waals surface area (Å²) in [5, 5.41) is 31.7. The Morgan fingerprint density at radius 2 is 0.947 bits per heavy atom. The summed E-state index contributed by atoms with van der Waals surface area (Å²) in [4.78, 5) is 86.9. The highest BCUT2D eigenvalue weighted by Gasteiger charge is 2.26. The number of carbonyl (C=O) groups is 4. The van der Waals surface area contributed by atoms with Crippen LogP contribution in [0.1, 0.15) is 96.7 Å². The quantitative estimate of drug-likeness (QED) is 0.00662. The second kappa shape index (κ2) is 32.0. The summed E-state index contributed by atoms with van der Waals surface area (Å²) in [6, 6.07) is 21.5. The molecule has 2 aliphatic heterocycles. The molecule has 9 rings (SSSR count). The van der Waals surface area contributed by atoms with E-state index in [0.29, 0.717) is 107 Å². The molecule has 3 aromatic heterocycles. The molecule has 0 aliphatic carbocycles. The third-order valence-electron chi connectivity index (χ3n) is 15.2. The lowest BCUT2D eigenvalue weighted by atomic mass is 10.1. The van der Waals surface area contributed by atoms with E-state index in [4.69, 9.17) is 35.1 Å². The Balaban J connectivity index is 1.05. The zero-order chi connectivity index (χ0) is 68.0. The number of rotatable bonds is 28. The molecule has 4 aromatic carbocycles. The van der Waals surface area contributed by atoms with Gasteiger partial charge in [0.15, 0.2) is 16.7 Å². The fraction of sp³-hybridized carbons (Fsp3) is 0.349. The van der Waals surface area contributed by atoms with Crippen LogP contribution in [0.25, 0.3) is 12.2 Å². The van der Waals surface area contributed by atoms with Crippen molar-refractivity contribution in [2.45, 2.75) is 102 Å². The number of ketones is 2. The van der Waals surface area contributed by atoms with Crippen LogP contribution in [0, 0.1) is 0 Å². The molecule has 0 radical (unpaired) electrons. The summed E-state index contributed by atoms with van der Waals surface area (Å²) in [7, 11) is -9.15. The lowest BCUT2D eigenvalue weighted by Crippen LogP contribution is -2.30. The first-order chi connectivity index (χ1) is 45.5. The van der Waals surface area contributed by atoms with Crippen molar-refractivity contribution in [3.63, 3.8) is 0 Å². The Hall–Kier alpha value is -8.92. The van der Waals surface area contributed by atoms with E-state index in [1.807, 2.05) is 43.3 Å². The summed E-state index contributed by atoms with van der Waals surface area (Å²) in [6.07, 6.45) is 8.54. The number of Topliss-reactive ketones (excluding diaryl/α,β-unsaturated/α-hetero) is 2. The zero-order valence-corrected chi connectivity index (χ0v) is 57.4. The highest BCUT2D eigenvalue weighted by Crippen LogP contribution is 2.41. The molecule has 0 unspecified atom stereocenters.